The van der Waals surface area contributed by atoms with Gasteiger partial charge in [-0.1, -0.05) is 41.1 Å². The maximum atomic E-state index is 12.1. The van der Waals surface area contributed by atoms with Crippen molar-refractivity contribution in [3.05, 3.63) is 70.2 Å². The predicted octanol–water partition coefficient (Wildman–Crippen LogP) is 5.46. The van der Waals surface area contributed by atoms with Crippen LogP contribution in [-0.2, 0) is 0 Å². The number of carbonyl (C=O) groups is 1. The van der Waals surface area contributed by atoms with Gasteiger partial charge in [0.1, 0.15) is 0 Å². The number of ketones is 1. The molecular weight excluding hydrogens is 332 g/mol. The third kappa shape index (κ3) is 4.36. The Labute approximate surface area is 132 Å². The van der Waals surface area contributed by atoms with E-state index < -0.39 is 0 Å². The molecule has 0 amide bonds. The van der Waals surface area contributed by atoms with Crippen molar-refractivity contribution in [1.82, 2.24) is 0 Å². The van der Waals surface area contributed by atoms with Crippen LogP contribution in [0.5, 0.6) is 0 Å². The number of hydrogen-bond acceptors (Lipinski definition) is 2. The van der Waals surface area contributed by atoms with Crippen LogP contribution in [0.15, 0.2) is 64.0 Å². The van der Waals surface area contributed by atoms with Gasteiger partial charge >= 0.3 is 0 Å². The maximum Gasteiger partial charge on any atom is 0.185 e. The summed E-state index contributed by atoms with van der Waals surface area (Å²) in [5.41, 5.74) is 1.72. The van der Waals surface area contributed by atoms with Crippen LogP contribution in [0.1, 0.15) is 22.8 Å². The van der Waals surface area contributed by atoms with Crippen molar-refractivity contribution in [3.8, 4) is 0 Å². The molecule has 0 aliphatic carbocycles. The molecule has 0 aromatic heterocycles. The fourth-order valence-corrected chi connectivity index (χ4v) is 2.84. The Morgan fingerprint density at radius 1 is 1.20 bits per heavy atom. The minimum absolute atomic E-state index is 0.0259. The summed E-state index contributed by atoms with van der Waals surface area (Å²) in [6.45, 7) is 2.12. The fraction of sp³-hybridized carbons (Fsp3) is 0.118. The van der Waals surface area contributed by atoms with Crippen molar-refractivity contribution in [2.45, 2.75) is 11.8 Å². The molecule has 0 atom stereocenters. The summed E-state index contributed by atoms with van der Waals surface area (Å²) in [6, 6.07) is 15.6. The molecule has 0 aliphatic heterocycles. The highest BCUT2D eigenvalue weighted by molar-refractivity contribution is 9.10. The van der Waals surface area contributed by atoms with E-state index in [1.54, 1.807) is 17.8 Å². The standard InChI is InChI=1S/C17H15BrOS/c1-2-20-16-9-7-14(8-10-16)17(19)11-6-13-4-3-5-15(18)12-13/h3-12H,2H2,1H3/b11-6+. The van der Waals surface area contributed by atoms with Crippen LogP contribution in [-0.4, -0.2) is 11.5 Å². The smallest absolute Gasteiger partial charge is 0.185 e. The van der Waals surface area contributed by atoms with Crippen molar-refractivity contribution in [2.24, 2.45) is 0 Å². The number of hydrogen-bond donors (Lipinski definition) is 0. The monoisotopic (exact) mass is 346 g/mol. The normalized spacial score (nSPS) is 10.9. The van der Waals surface area contributed by atoms with Gasteiger partial charge in [0.15, 0.2) is 5.78 Å². The molecule has 0 bridgehead atoms. The Balaban J connectivity index is 2.07. The van der Waals surface area contributed by atoms with E-state index in [2.05, 4.69) is 22.9 Å². The van der Waals surface area contributed by atoms with Crippen molar-refractivity contribution in [1.29, 1.82) is 0 Å². The second-order valence-corrected chi connectivity index (χ2v) is 6.46. The first-order valence-corrected chi connectivity index (χ1v) is 8.18. The van der Waals surface area contributed by atoms with Gasteiger partial charge in [0.05, 0.1) is 0 Å². The van der Waals surface area contributed by atoms with E-state index in [1.807, 2.05) is 54.6 Å². The second kappa shape index (κ2) is 7.46. The number of halogens is 1. The van der Waals surface area contributed by atoms with Crippen LogP contribution in [0.2, 0.25) is 0 Å². The Bertz CT molecular complexity index is 617. The summed E-state index contributed by atoms with van der Waals surface area (Å²) in [6.07, 6.45) is 3.45. The maximum absolute atomic E-state index is 12.1. The Morgan fingerprint density at radius 3 is 2.60 bits per heavy atom. The zero-order valence-electron chi connectivity index (χ0n) is 11.2. The van der Waals surface area contributed by atoms with Crippen molar-refractivity contribution >= 4 is 39.6 Å². The number of rotatable bonds is 5. The molecule has 0 saturated carbocycles. The summed E-state index contributed by atoms with van der Waals surface area (Å²) < 4.78 is 1.01. The van der Waals surface area contributed by atoms with E-state index >= 15 is 0 Å². The van der Waals surface area contributed by atoms with E-state index in [1.165, 1.54) is 4.90 Å². The first-order valence-electron chi connectivity index (χ1n) is 6.40. The van der Waals surface area contributed by atoms with Gasteiger partial charge in [-0.3, -0.25) is 4.79 Å². The molecule has 0 unspecified atom stereocenters. The molecule has 2 aromatic carbocycles. The largest absolute Gasteiger partial charge is 0.289 e. The fourth-order valence-electron chi connectivity index (χ4n) is 1.76. The highest BCUT2D eigenvalue weighted by atomic mass is 79.9. The van der Waals surface area contributed by atoms with Gasteiger partial charge in [0, 0.05) is 14.9 Å². The van der Waals surface area contributed by atoms with Crippen LogP contribution in [0, 0.1) is 0 Å². The Hall–Kier alpha value is -1.32. The van der Waals surface area contributed by atoms with Gasteiger partial charge in [-0.25, -0.2) is 0 Å². The molecule has 0 heterocycles. The summed E-state index contributed by atoms with van der Waals surface area (Å²) in [5, 5.41) is 0. The molecule has 0 N–H and O–H groups in total. The van der Waals surface area contributed by atoms with Crippen LogP contribution in [0.3, 0.4) is 0 Å². The highest BCUT2D eigenvalue weighted by Crippen LogP contribution is 2.18. The molecule has 0 fully saturated rings. The topological polar surface area (TPSA) is 17.1 Å². The molecule has 20 heavy (non-hydrogen) atoms. The van der Waals surface area contributed by atoms with Crippen LogP contribution in [0.4, 0.5) is 0 Å². The molecule has 0 radical (unpaired) electrons. The van der Waals surface area contributed by atoms with E-state index in [9.17, 15) is 4.79 Å². The van der Waals surface area contributed by atoms with Crippen molar-refractivity contribution < 1.29 is 4.79 Å². The third-order valence-electron chi connectivity index (χ3n) is 2.73. The molecule has 2 rings (SSSR count). The van der Waals surface area contributed by atoms with Gasteiger partial charge in [0.2, 0.25) is 0 Å². The molecule has 2 aromatic rings. The van der Waals surface area contributed by atoms with Crippen LogP contribution in [0.25, 0.3) is 6.08 Å². The van der Waals surface area contributed by atoms with Gasteiger partial charge in [-0.05, 0) is 53.8 Å². The van der Waals surface area contributed by atoms with Gasteiger partial charge in [-0.15, -0.1) is 11.8 Å². The van der Waals surface area contributed by atoms with Gasteiger partial charge in [-0.2, -0.15) is 0 Å². The van der Waals surface area contributed by atoms with E-state index in [4.69, 9.17) is 0 Å². The molecule has 3 heteroatoms. The molecule has 0 saturated heterocycles. The predicted molar refractivity (Wildman–Crippen MR) is 90.3 cm³/mol. The molecule has 0 spiro atoms. The Morgan fingerprint density at radius 2 is 1.95 bits per heavy atom. The van der Waals surface area contributed by atoms with E-state index in [0.717, 1.165) is 21.4 Å². The van der Waals surface area contributed by atoms with Crippen molar-refractivity contribution in [2.75, 3.05) is 5.75 Å². The lowest BCUT2D eigenvalue weighted by Crippen LogP contribution is -1.93. The first kappa shape index (κ1) is 15.1. The zero-order valence-corrected chi connectivity index (χ0v) is 13.6. The highest BCUT2D eigenvalue weighted by Gasteiger charge is 2.01. The Kier molecular flexibility index (Phi) is 5.62. The summed E-state index contributed by atoms with van der Waals surface area (Å²) in [5.74, 6) is 1.06. The molecular formula is C17H15BrOS. The van der Waals surface area contributed by atoms with Crippen LogP contribution >= 0.6 is 27.7 Å². The van der Waals surface area contributed by atoms with Gasteiger partial charge < -0.3 is 0 Å². The van der Waals surface area contributed by atoms with E-state index in [0.29, 0.717) is 0 Å². The average Bonchev–Trinajstić information content (AvgIpc) is 2.46. The lowest BCUT2D eigenvalue weighted by atomic mass is 10.1. The van der Waals surface area contributed by atoms with Crippen molar-refractivity contribution in [3.63, 3.8) is 0 Å². The minimum Gasteiger partial charge on any atom is -0.289 e. The van der Waals surface area contributed by atoms with Crippen LogP contribution < -0.4 is 0 Å². The first-order chi connectivity index (χ1) is 9.69. The average molecular weight is 347 g/mol. The molecule has 102 valence electrons. The number of benzene rings is 2. The number of carbonyl (C=O) groups excluding carboxylic acids is 1. The quantitative estimate of drug-likeness (QED) is 0.406. The summed E-state index contributed by atoms with van der Waals surface area (Å²) in [4.78, 5) is 13.3. The minimum atomic E-state index is 0.0259. The molecule has 1 nitrogen and oxygen atoms in total. The van der Waals surface area contributed by atoms with E-state index in [-0.39, 0.29) is 5.78 Å². The SMILES string of the molecule is CCSc1ccc(C(=O)/C=C/c2cccc(Br)c2)cc1. The van der Waals surface area contributed by atoms with Gasteiger partial charge in [0.25, 0.3) is 0 Å². The second-order valence-electron chi connectivity index (χ2n) is 4.21. The molecule has 0 aliphatic rings. The number of thioether (sulfide) groups is 1. The third-order valence-corrected chi connectivity index (χ3v) is 4.11. The zero-order chi connectivity index (χ0) is 14.4. The number of allylic oxidation sites excluding steroid dienone is 1. The summed E-state index contributed by atoms with van der Waals surface area (Å²) >= 11 is 5.19. The summed E-state index contributed by atoms with van der Waals surface area (Å²) in [7, 11) is 0. The lowest BCUT2D eigenvalue weighted by molar-refractivity contribution is 0.104. The lowest BCUT2D eigenvalue weighted by Gasteiger charge is -2.00.